The first-order valence-electron chi connectivity index (χ1n) is 17.5. The minimum absolute atomic E-state index is 0. The van der Waals surface area contributed by atoms with Crippen molar-refractivity contribution >= 4 is 21.8 Å². The van der Waals surface area contributed by atoms with Gasteiger partial charge in [-0.2, -0.15) is 11.2 Å². The van der Waals surface area contributed by atoms with E-state index in [1.807, 2.05) is 16.9 Å². The molecule has 0 aliphatic carbocycles. The number of hydrogen-bond donors (Lipinski definition) is 0. The predicted molar refractivity (Wildman–Crippen MR) is 202 cm³/mol. The molecular weight excluding hydrogens is 796 g/mol. The van der Waals surface area contributed by atoms with E-state index < -0.39 is 0 Å². The van der Waals surface area contributed by atoms with Gasteiger partial charge in [0.05, 0.1) is 5.69 Å². The molecule has 7 rings (SSSR count). The summed E-state index contributed by atoms with van der Waals surface area (Å²) in [6.07, 6.45) is 3.84. The van der Waals surface area contributed by atoms with Gasteiger partial charge in [0.15, 0.2) is 0 Å². The number of hydrogen-bond acceptors (Lipinski definition) is 3. The van der Waals surface area contributed by atoms with Gasteiger partial charge in [0.1, 0.15) is 5.82 Å². The molecule has 3 aromatic heterocycles. The Morgan fingerprint density at radius 1 is 0.720 bits per heavy atom. The average Bonchev–Trinajstić information content (AvgIpc) is 3.59. The minimum atomic E-state index is 0. The molecule has 0 aliphatic rings. The van der Waals surface area contributed by atoms with Crippen LogP contribution in [0.5, 0.6) is 11.5 Å². The Morgan fingerprint density at radius 2 is 1.44 bits per heavy atom. The Labute approximate surface area is 310 Å². The van der Waals surface area contributed by atoms with E-state index in [1.54, 1.807) is 0 Å². The quantitative estimate of drug-likeness (QED) is 0.136. The van der Waals surface area contributed by atoms with Gasteiger partial charge in [-0.3, -0.25) is 4.68 Å². The van der Waals surface area contributed by atoms with Crippen molar-refractivity contribution in [3.63, 3.8) is 0 Å². The molecular formula is C44H44N4OPt. The van der Waals surface area contributed by atoms with Crippen molar-refractivity contribution in [3.05, 3.63) is 131 Å². The molecule has 0 unspecified atom stereocenters. The summed E-state index contributed by atoms with van der Waals surface area (Å²) in [5.74, 6) is 2.81. The number of benzene rings is 4. The van der Waals surface area contributed by atoms with Gasteiger partial charge in [0.2, 0.25) is 0 Å². The van der Waals surface area contributed by atoms with Crippen molar-refractivity contribution in [2.24, 2.45) is 0 Å². The number of fused-ring (bicyclic) bond motifs is 3. The van der Waals surface area contributed by atoms with E-state index in [-0.39, 0.29) is 27.0 Å². The monoisotopic (exact) mass is 839 g/mol. The Morgan fingerprint density at radius 3 is 2.14 bits per heavy atom. The molecule has 0 radical (unpaired) electrons. The van der Waals surface area contributed by atoms with Crippen LogP contribution in [0.25, 0.3) is 44.4 Å². The molecule has 256 valence electrons. The molecule has 0 bridgehead atoms. The number of ether oxygens (including phenoxy) is 1. The van der Waals surface area contributed by atoms with Crippen LogP contribution in [-0.2, 0) is 33.9 Å². The van der Waals surface area contributed by atoms with Gasteiger partial charge in [-0.05, 0) is 90.1 Å². The van der Waals surface area contributed by atoms with Crippen LogP contribution in [0.3, 0.4) is 0 Å². The molecule has 0 saturated heterocycles. The van der Waals surface area contributed by atoms with Gasteiger partial charge in [-0.1, -0.05) is 83.5 Å². The molecule has 0 atom stereocenters. The van der Waals surface area contributed by atoms with Crippen LogP contribution in [0.4, 0.5) is 0 Å². The first-order chi connectivity index (χ1) is 23.7. The first kappa shape index (κ1) is 35.4. The SMILES string of the molecule is CCc1cccc(CC)c1-c1c(C)nn(-c2[c-]c(Oc3[c-]c4c(cc3)c3ccccc3n4-c3cc(C(C)C)ccn3)cc(C(C)C)c2)c1C.[Pt+2]. The fraction of sp³-hybridized carbons (Fsp3) is 0.273. The summed E-state index contributed by atoms with van der Waals surface area (Å²) in [6, 6.07) is 35.0. The van der Waals surface area contributed by atoms with Crippen LogP contribution < -0.4 is 4.74 Å². The Balaban J connectivity index is 0.00000432. The third-order valence-electron chi connectivity index (χ3n) is 9.73. The predicted octanol–water partition coefficient (Wildman–Crippen LogP) is 11.4. The van der Waals surface area contributed by atoms with Gasteiger partial charge in [-0.15, -0.1) is 41.3 Å². The zero-order valence-electron chi connectivity index (χ0n) is 30.2. The molecule has 7 aromatic rings. The van der Waals surface area contributed by atoms with Gasteiger partial charge in [0.25, 0.3) is 0 Å². The number of para-hydroxylation sites is 1. The van der Waals surface area contributed by atoms with Crippen LogP contribution >= 0.6 is 0 Å². The van der Waals surface area contributed by atoms with Crippen LogP contribution in [0, 0.1) is 26.0 Å². The van der Waals surface area contributed by atoms with E-state index in [9.17, 15) is 0 Å². The second-order valence-electron chi connectivity index (χ2n) is 13.6. The van der Waals surface area contributed by atoms with Gasteiger partial charge in [-0.25, -0.2) is 4.98 Å². The second-order valence-corrected chi connectivity index (χ2v) is 13.6. The molecule has 3 heterocycles. The molecule has 50 heavy (non-hydrogen) atoms. The summed E-state index contributed by atoms with van der Waals surface area (Å²) >= 11 is 0. The van der Waals surface area contributed by atoms with E-state index in [0.29, 0.717) is 17.4 Å². The van der Waals surface area contributed by atoms with E-state index in [4.69, 9.17) is 14.8 Å². The van der Waals surface area contributed by atoms with Crippen molar-refractivity contribution in [1.29, 1.82) is 0 Å². The summed E-state index contributed by atoms with van der Waals surface area (Å²) in [4.78, 5) is 4.80. The number of nitrogens with zero attached hydrogens (tertiary/aromatic N) is 4. The number of aromatic nitrogens is 4. The number of rotatable bonds is 9. The maximum atomic E-state index is 6.64. The maximum absolute atomic E-state index is 6.64. The number of aryl methyl sites for hydroxylation is 3. The summed E-state index contributed by atoms with van der Waals surface area (Å²) in [5.41, 5.74) is 12.6. The summed E-state index contributed by atoms with van der Waals surface area (Å²) in [5, 5.41) is 7.36. The van der Waals surface area contributed by atoms with E-state index in [1.165, 1.54) is 27.8 Å². The topological polar surface area (TPSA) is 44.9 Å². The molecule has 0 aliphatic heterocycles. The van der Waals surface area contributed by atoms with Crippen molar-refractivity contribution in [2.75, 3.05) is 0 Å². The van der Waals surface area contributed by atoms with Crippen molar-refractivity contribution in [3.8, 4) is 34.1 Å². The van der Waals surface area contributed by atoms with Crippen LogP contribution in [0.1, 0.15) is 87.0 Å². The van der Waals surface area contributed by atoms with Crippen LogP contribution in [0.2, 0.25) is 0 Å². The Hall–Kier alpha value is -4.47. The van der Waals surface area contributed by atoms with E-state index >= 15 is 0 Å². The third-order valence-corrected chi connectivity index (χ3v) is 9.73. The van der Waals surface area contributed by atoms with Gasteiger partial charge in [0, 0.05) is 34.5 Å². The van der Waals surface area contributed by atoms with E-state index in [0.717, 1.165) is 63.1 Å². The van der Waals surface area contributed by atoms with Gasteiger partial charge < -0.3 is 9.30 Å². The third kappa shape index (κ3) is 6.33. The first-order valence-corrected chi connectivity index (χ1v) is 17.5. The van der Waals surface area contributed by atoms with Crippen molar-refractivity contribution in [2.45, 2.75) is 80.1 Å². The standard InChI is InChI=1S/C44H44N4O.Pt/c1-9-31-14-13-15-32(10-2)44(31)43-29(7)46-48(30(43)8)35-22-34(28(5)6)23-37(25-35)49-36-18-19-39-38-16-11-12-17-40(38)47(41(39)26-36)42-24-33(27(3)4)20-21-45-42;/h11-24,27-28H,9-10H2,1-8H3;/q-2;+2. The molecule has 0 N–H and O–H groups in total. The zero-order chi connectivity index (χ0) is 34.4. The van der Waals surface area contributed by atoms with E-state index in [2.05, 4.69) is 145 Å². The molecule has 4 aromatic carbocycles. The molecule has 0 fully saturated rings. The Bertz CT molecular complexity index is 2310. The molecule has 6 heteroatoms. The molecule has 5 nitrogen and oxygen atoms in total. The minimum Gasteiger partial charge on any atom is -0.509 e. The van der Waals surface area contributed by atoms with Crippen molar-refractivity contribution in [1.82, 2.24) is 19.3 Å². The molecule has 0 saturated carbocycles. The van der Waals surface area contributed by atoms with Gasteiger partial charge >= 0.3 is 21.1 Å². The summed E-state index contributed by atoms with van der Waals surface area (Å²) in [6.45, 7) is 17.6. The fourth-order valence-corrected chi connectivity index (χ4v) is 7.06. The smallest absolute Gasteiger partial charge is 0.509 e. The summed E-state index contributed by atoms with van der Waals surface area (Å²) < 4.78 is 10.9. The van der Waals surface area contributed by atoms with Crippen LogP contribution in [0.15, 0.2) is 85.1 Å². The largest absolute Gasteiger partial charge is 2.00 e. The normalized spacial score (nSPS) is 11.6. The summed E-state index contributed by atoms with van der Waals surface area (Å²) in [7, 11) is 0. The molecule has 0 amide bonds. The molecule has 0 spiro atoms. The second kappa shape index (κ2) is 14.4. The van der Waals surface area contributed by atoms with Crippen LogP contribution in [-0.4, -0.2) is 19.3 Å². The maximum Gasteiger partial charge on any atom is 2.00 e. The fourth-order valence-electron chi connectivity index (χ4n) is 7.06. The number of pyridine rings is 1. The van der Waals surface area contributed by atoms with Crippen molar-refractivity contribution < 1.29 is 25.8 Å². The zero-order valence-corrected chi connectivity index (χ0v) is 32.4. The Kier molecular flexibility index (Phi) is 10.2. The average molecular weight is 840 g/mol.